The molecule has 0 N–H and O–H groups in total. The SMILES string of the molecule is [CH2]c1ccc2c(c1)OCC/C2=N\OC. The summed E-state index contributed by atoms with van der Waals surface area (Å²) in [6.07, 6.45) is 0.789. The fraction of sp³-hybridized carbons (Fsp3) is 0.273. The largest absolute Gasteiger partial charge is 0.492 e. The summed E-state index contributed by atoms with van der Waals surface area (Å²) in [5.74, 6) is 0.847. The van der Waals surface area contributed by atoms with Gasteiger partial charge in [0.15, 0.2) is 0 Å². The zero-order chi connectivity index (χ0) is 9.97. The van der Waals surface area contributed by atoms with Crippen molar-refractivity contribution >= 4 is 5.71 Å². The van der Waals surface area contributed by atoms with Gasteiger partial charge in [0.1, 0.15) is 12.9 Å². The van der Waals surface area contributed by atoms with Crippen LogP contribution in [-0.4, -0.2) is 19.4 Å². The molecule has 0 saturated carbocycles. The van der Waals surface area contributed by atoms with Crippen LogP contribution in [0.1, 0.15) is 17.5 Å². The van der Waals surface area contributed by atoms with Crippen LogP contribution in [-0.2, 0) is 4.84 Å². The summed E-state index contributed by atoms with van der Waals surface area (Å²) in [7, 11) is 1.55. The lowest BCUT2D eigenvalue weighted by molar-refractivity contribution is 0.210. The molecule has 0 bridgehead atoms. The summed E-state index contributed by atoms with van der Waals surface area (Å²) >= 11 is 0. The predicted molar refractivity (Wildman–Crippen MR) is 54.6 cm³/mol. The van der Waals surface area contributed by atoms with E-state index in [1.54, 1.807) is 7.11 Å². The molecule has 0 atom stereocenters. The van der Waals surface area contributed by atoms with E-state index in [2.05, 4.69) is 12.1 Å². The zero-order valence-corrected chi connectivity index (χ0v) is 8.12. The second-order valence-corrected chi connectivity index (χ2v) is 3.15. The van der Waals surface area contributed by atoms with Crippen molar-refractivity contribution in [2.75, 3.05) is 13.7 Å². The van der Waals surface area contributed by atoms with Crippen LogP contribution in [0, 0.1) is 6.92 Å². The molecule has 0 aromatic heterocycles. The summed E-state index contributed by atoms with van der Waals surface area (Å²) in [5.41, 5.74) is 2.89. The van der Waals surface area contributed by atoms with E-state index >= 15 is 0 Å². The topological polar surface area (TPSA) is 30.8 Å². The molecule has 1 aromatic rings. The van der Waals surface area contributed by atoms with Gasteiger partial charge in [0, 0.05) is 12.0 Å². The van der Waals surface area contributed by atoms with Gasteiger partial charge in [0.2, 0.25) is 0 Å². The highest BCUT2D eigenvalue weighted by Gasteiger charge is 2.16. The number of hydrogen-bond donors (Lipinski definition) is 0. The first-order chi connectivity index (χ1) is 6.81. The summed E-state index contributed by atoms with van der Waals surface area (Å²) in [5, 5.41) is 3.97. The van der Waals surface area contributed by atoms with Gasteiger partial charge in [-0.1, -0.05) is 11.2 Å². The summed E-state index contributed by atoms with van der Waals surface area (Å²) in [6, 6.07) is 5.83. The molecular weight excluding hydrogens is 178 g/mol. The van der Waals surface area contributed by atoms with Crippen molar-refractivity contribution in [1.82, 2.24) is 0 Å². The van der Waals surface area contributed by atoms with E-state index in [1.165, 1.54) is 0 Å². The number of oxime groups is 1. The van der Waals surface area contributed by atoms with E-state index in [9.17, 15) is 0 Å². The molecule has 3 heteroatoms. The Balaban J connectivity index is 2.45. The van der Waals surface area contributed by atoms with Gasteiger partial charge in [-0.3, -0.25) is 0 Å². The van der Waals surface area contributed by atoms with Gasteiger partial charge in [0.25, 0.3) is 0 Å². The second-order valence-electron chi connectivity index (χ2n) is 3.15. The van der Waals surface area contributed by atoms with E-state index in [0.717, 1.165) is 29.0 Å². The van der Waals surface area contributed by atoms with Crippen LogP contribution in [0.15, 0.2) is 23.4 Å². The Morgan fingerprint density at radius 1 is 1.50 bits per heavy atom. The highest BCUT2D eigenvalue weighted by atomic mass is 16.6. The predicted octanol–water partition coefficient (Wildman–Crippen LogP) is 2.00. The maximum Gasteiger partial charge on any atom is 0.128 e. The van der Waals surface area contributed by atoms with Crippen molar-refractivity contribution in [3.63, 3.8) is 0 Å². The molecule has 1 aromatic carbocycles. The molecule has 0 aliphatic carbocycles. The Morgan fingerprint density at radius 2 is 2.36 bits per heavy atom. The van der Waals surface area contributed by atoms with E-state index in [0.29, 0.717) is 6.61 Å². The molecule has 1 aliphatic rings. The van der Waals surface area contributed by atoms with Crippen LogP contribution >= 0.6 is 0 Å². The third-order valence-corrected chi connectivity index (χ3v) is 2.15. The summed E-state index contributed by atoms with van der Waals surface area (Å²) in [6.45, 7) is 4.50. The van der Waals surface area contributed by atoms with Gasteiger partial charge in [-0.2, -0.15) is 0 Å². The molecule has 1 aliphatic heterocycles. The number of rotatable bonds is 1. The van der Waals surface area contributed by atoms with Crippen LogP contribution < -0.4 is 4.74 Å². The molecule has 3 nitrogen and oxygen atoms in total. The minimum Gasteiger partial charge on any atom is -0.492 e. The van der Waals surface area contributed by atoms with E-state index < -0.39 is 0 Å². The van der Waals surface area contributed by atoms with Gasteiger partial charge < -0.3 is 9.57 Å². The lowest BCUT2D eigenvalue weighted by Crippen LogP contribution is -2.16. The van der Waals surface area contributed by atoms with Crippen LogP contribution in [0.2, 0.25) is 0 Å². The number of fused-ring (bicyclic) bond motifs is 1. The second kappa shape index (κ2) is 3.70. The van der Waals surface area contributed by atoms with Crippen LogP contribution in [0.3, 0.4) is 0 Å². The minimum absolute atomic E-state index is 0.651. The van der Waals surface area contributed by atoms with Crippen molar-refractivity contribution in [3.8, 4) is 5.75 Å². The number of ether oxygens (including phenoxy) is 1. The van der Waals surface area contributed by atoms with E-state index in [1.807, 2.05) is 18.2 Å². The van der Waals surface area contributed by atoms with Crippen LogP contribution in [0.4, 0.5) is 0 Å². The Morgan fingerprint density at radius 3 is 3.14 bits per heavy atom. The molecule has 1 heterocycles. The molecule has 0 spiro atoms. The molecular formula is C11H12NO2. The molecule has 0 amide bonds. The third kappa shape index (κ3) is 1.58. The molecule has 2 rings (SSSR count). The Bertz CT molecular complexity index is 372. The first-order valence-electron chi connectivity index (χ1n) is 4.50. The zero-order valence-electron chi connectivity index (χ0n) is 8.12. The maximum atomic E-state index is 5.50. The maximum absolute atomic E-state index is 5.50. The van der Waals surface area contributed by atoms with Crippen molar-refractivity contribution in [2.24, 2.45) is 5.16 Å². The summed E-state index contributed by atoms with van der Waals surface area (Å²) < 4.78 is 5.50. The third-order valence-electron chi connectivity index (χ3n) is 2.15. The molecule has 0 fully saturated rings. The van der Waals surface area contributed by atoms with E-state index in [4.69, 9.17) is 9.57 Å². The fourth-order valence-electron chi connectivity index (χ4n) is 1.52. The average molecular weight is 190 g/mol. The van der Waals surface area contributed by atoms with Gasteiger partial charge in [-0.15, -0.1) is 0 Å². The van der Waals surface area contributed by atoms with E-state index in [-0.39, 0.29) is 0 Å². The smallest absolute Gasteiger partial charge is 0.128 e. The lowest BCUT2D eigenvalue weighted by Gasteiger charge is -2.18. The van der Waals surface area contributed by atoms with Crippen molar-refractivity contribution in [1.29, 1.82) is 0 Å². The molecule has 14 heavy (non-hydrogen) atoms. The first-order valence-corrected chi connectivity index (χ1v) is 4.50. The quantitative estimate of drug-likeness (QED) is 0.634. The number of hydrogen-bond acceptors (Lipinski definition) is 3. The normalized spacial score (nSPS) is 17.4. The lowest BCUT2D eigenvalue weighted by atomic mass is 10.0. The van der Waals surface area contributed by atoms with Crippen molar-refractivity contribution < 1.29 is 9.57 Å². The summed E-state index contributed by atoms with van der Waals surface area (Å²) in [4.78, 5) is 4.79. The number of benzene rings is 1. The van der Waals surface area contributed by atoms with Crippen LogP contribution in [0.25, 0.3) is 0 Å². The molecule has 0 saturated heterocycles. The molecule has 1 radical (unpaired) electrons. The van der Waals surface area contributed by atoms with Gasteiger partial charge >= 0.3 is 0 Å². The highest BCUT2D eigenvalue weighted by Crippen LogP contribution is 2.26. The van der Waals surface area contributed by atoms with Crippen molar-refractivity contribution in [2.45, 2.75) is 6.42 Å². The fourth-order valence-corrected chi connectivity index (χ4v) is 1.52. The minimum atomic E-state index is 0.651. The molecule has 73 valence electrons. The molecule has 0 unspecified atom stereocenters. The van der Waals surface area contributed by atoms with Gasteiger partial charge in [-0.05, 0) is 24.6 Å². The Kier molecular flexibility index (Phi) is 2.39. The average Bonchev–Trinajstić information content (AvgIpc) is 2.18. The Hall–Kier alpha value is -1.51. The monoisotopic (exact) mass is 190 g/mol. The van der Waals surface area contributed by atoms with Gasteiger partial charge in [-0.25, -0.2) is 0 Å². The van der Waals surface area contributed by atoms with Crippen LogP contribution in [0.5, 0.6) is 5.75 Å². The number of nitrogens with zero attached hydrogens (tertiary/aromatic N) is 1. The standard InChI is InChI=1S/C11H12NO2/c1-8-3-4-9-10(12-13-2)5-6-14-11(9)7-8/h3-4,7H,1,5-6H2,2H3/b12-10+. The first kappa shape index (κ1) is 9.06. The Labute approximate surface area is 83.3 Å². The van der Waals surface area contributed by atoms with Crippen molar-refractivity contribution in [3.05, 3.63) is 36.2 Å². The van der Waals surface area contributed by atoms with Gasteiger partial charge in [0.05, 0.1) is 12.3 Å². The highest BCUT2D eigenvalue weighted by molar-refractivity contribution is 6.03.